The maximum Gasteiger partial charge on any atom is 0.326 e. The Morgan fingerprint density at radius 1 is 1.43 bits per heavy atom. The second-order valence-corrected chi connectivity index (χ2v) is 4.54. The Morgan fingerprint density at radius 3 is 2.86 bits per heavy atom. The van der Waals surface area contributed by atoms with Crippen molar-refractivity contribution in [3.63, 3.8) is 0 Å². The van der Waals surface area contributed by atoms with Gasteiger partial charge in [-0.05, 0) is 18.6 Å². The number of oxazole rings is 1. The van der Waals surface area contributed by atoms with Crippen LogP contribution in [0.2, 0.25) is 0 Å². The van der Waals surface area contributed by atoms with Gasteiger partial charge in [-0.3, -0.25) is 4.79 Å². The van der Waals surface area contributed by atoms with Crippen LogP contribution in [0.25, 0.3) is 17.2 Å². The summed E-state index contributed by atoms with van der Waals surface area (Å²) in [5.74, 6) is -1.23. The molecular weight excluding hydrogens is 272 g/mol. The number of carboxylic acid groups (broad SMARTS) is 1. The van der Waals surface area contributed by atoms with Crippen molar-refractivity contribution in [2.45, 2.75) is 25.8 Å². The van der Waals surface area contributed by atoms with Crippen LogP contribution in [0.1, 0.15) is 25.7 Å². The summed E-state index contributed by atoms with van der Waals surface area (Å²) < 4.78 is 5.42. The van der Waals surface area contributed by atoms with Gasteiger partial charge in [0.25, 0.3) is 0 Å². The van der Waals surface area contributed by atoms with Crippen molar-refractivity contribution in [3.05, 3.63) is 36.2 Å². The van der Waals surface area contributed by atoms with Crippen LogP contribution in [-0.2, 0) is 9.59 Å². The molecule has 0 saturated heterocycles. The molecule has 0 radical (unpaired) electrons. The summed E-state index contributed by atoms with van der Waals surface area (Å²) in [4.78, 5) is 26.8. The van der Waals surface area contributed by atoms with Gasteiger partial charge in [0.2, 0.25) is 11.8 Å². The fraction of sp³-hybridized carbons (Fsp3) is 0.267. The van der Waals surface area contributed by atoms with Crippen LogP contribution in [0, 0.1) is 0 Å². The molecule has 0 saturated carbocycles. The van der Waals surface area contributed by atoms with E-state index in [9.17, 15) is 9.59 Å². The van der Waals surface area contributed by atoms with Gasteiger partial charge in [0, 0.05) is 12.2 Å². The van der Waals surface area contributed by atoms with Gasteiger partial charge in [0.15, 0.2) is 5.58 Å². The van der Waals surface area contributed by atoms with E-state index in [0.29, 0.717) is 29.8 Å². The molecule has 6 nitrogen and oxygen atoms in total. The zero-order valence-corrected chi connectivity index (χ0v) is 11.6. The first-order valence-electron chi connectivity index (χ1n) is 6.67. The number of rotatable bonds is 6. The second kappa shape index (κ2) is 6.69. The van der Waals surface area contributed by atoms with E-state index in [-0.39, 0.29) is 0 Å². The molecule has 0 spiro atoms. The first-order chi connectivity index (χ1) is 10.1. The third-order valence-electron chi connectivity index (χ3n) is 2.88. The van der Waals surface area contributed by atoms with Crippen LogP contribution >= 0.6 is 0 Å². The molecule has 2 rings (SSSR count). The van der Waals surface area contributed by atoms with Crippen LogP contribution in [0.5, 0.6) is 0 Å². The van der Waals surface area contributed by atoms with Crippen LogP contribution in [0.15, 0.2) is 34.8 Å². The maximum absolute atomic E-state index is 11.7. The number of amides is 1. The van der Waals surface area contributed by atoms with E-state index in [1.165, 1.54) is 12.2 Å². The van der Waals surface area contributed by atoms with Crippen LogP contribution in [-0.4, -0.2) is 28.0 Å². The first-order valence-corrected chi connectivity index (χ1v) is 6.67. The molecule has 6 heteroatoms. The number of benzene rings is 1. The molecule has 1 aromatic carbocycles. The fourth-order valence-electron chi connectivity index (χ4n) is 1.87. The lowest BCUT2D eigenvalue weighted by Gasteiger charge is -2.11. The average molecular weight is 288 g/mol. The van der Waals surface area contributed by atoms with Crippen molar-refractivity contribution in [2.75, 3.05) is 0 Å². The molecule has 1 atom stereocenters. The molecule has 0 aliphatic carbocycles. The van der Waals surface area contributed by atoms with Gasteiger partial charge in [-0.25, -0.2) is 9.78 Å². The Labute approximate surface area is 121 Å². The van der Waals surface area contributed by atoms with Gasteiger partial charge in [-0.1, -0.05) is 25.5 Å². The summed E-state index contributed by atoms with van der Waals surface area (Å²) in [6.45, 7) is 1.86. The van der Waals surface area contributed by atoms with Crippen molar-refractivity contribution >= 4 is 29.1 Å². The Morgan fingerprint density at radius 2 is 2.19 bits per heavy atom. The van der Waals surface area contributed by atoms with Gasteiger partial charge >= 0.3 is 5.97 Å². The fourth-order valence-corrected chi connectivity index (χ4v) is 1.87. The summed E-state index contributed by atoms with van der Waals surface area (Å²) in [5, 5.41) is 11.4. The van der Waals surface area contributed by atoms with E-state index in [2.05, 4.69) is 10.3 Å². The van der Waals surface area contributed by atoms with Gasteiger partial charge in [-0.15, -0.1) is 0 Å². The first kappa shape index (κ1) is 14.8. The van der Waals surface area contributed by atoms with Crippen LogP contribution < -0.4 is 5.32 Å². The number of fused-ring (bicyclic) bond motifs is 1. The van der Waals surface area contributed by atoms with Crippen molar-refractivity contribution in [1.82, 2.24) is 10.3 Å². The molecule has 1 aromatic heterocycles. The largest absolute Gasteiger partial charge is 0.480 e. The number of carboxylic acids is 1. The van der Waals surface area contributed by atoms with Crippen molar-refractivity contribution in [3.8, 4) is 0 Å². The van der Waals surface area contributed by atoms with Crippen LogP contribution in [0.4, 0.5) is 0 Å². The number of hydrogen-bond donors (Lipinski definition) is 2. The Hall–Kier alpha value is -2.63. The van der Waals surface area contributed by atoms with E-state index >= 15 is 0 Å². The molecule has 0 aliphatic heterocycles. The smallest absolute Gasteiger partial charge is 0.326 e. The van der Waals surface area contributed by atoms with Crippen molar-refractivity contribution in [2.24, 2.45) is 0 Å². The third-order valence-corrected chi connectivity index (χ3v) is 2.88. The normalized spacial score (nSPS) is 12.6. The van der Waals surface area contributed by atoms with E-state index in [1.54, 1.807) is 12.1 Å². The molecule has 0 aliphatic rings. The summed E-state index contributed by atoms with van der Waals surface area (Å²) in [5.41, 5.74) is 1.33. The SMILES string of the molecule is CCC[C@@H](NC(=O)/C=C/c1nc2ccccc2o1)C(=O)O. The molecular formula is C15H16N2O4. The summed E-state index contributed by atoms with van der Waals surface area (Å²) in [6.07, 6.45) is 3.69. The molecule has 0 bridgehead atoms. The molecule has 1 amide bonds. The third kappa shape index (κ3) is 3.92. The molecule has 0 unspecified atom stereocenters. The number of carbonyl (C=O) groups excluding carboxylic acids is 1. The summed E-state index contributed by atoms with van der Waals surface area (Å²) in [7, 11) is 0. The zero-order valence-electron chi connectivity index (χ0n) is 11.6. The van der Waals surface area contributed by atoms with E-state index in [0.717, 1.165) is 0 Å². The predicted octanol–water partition coefficient (Wildman–Crippen LogP) is 2.21. The minimum absolute atomic E-state index is 0.300. The van der Waals surface area contributed by atoms with Gasteiger partial charge < -0.3 is 14.8 Å². The maximum atomic E-state index is 11.7. The Bertz CT molecular complexity index is 642. The lowest BCUT2D eigenvalue weighted by Crippen LogP contribution is -2.39. The minimum atomic E-state index is -1.04. The Balaban J connectivity index is 2.02. The number of para-hydroxylation sites is 2. The lowest BCUT2D eigenvalue weighted by molar-refractivity contribution is -0.141. The average Bonchev–Trinajstić information content (AvgIpc) is 2.87. The molecule has 0 fully saturated rings. The number of nitrogens with zero attached hydrogens (tertiary/aromatic N) is 1. The van der Waals surface area contributed by atoms with Gasteiger partial charge in [-0.2, -0.15) is 0 Å². The molecule has 21 heavy (non-hydrogen) atoms. The highest BCUT2D eigenvalue weighted by molar-refractivity contribution is 5.94. The van der Waals surface area contributed by atoms with Gasteiger partial charge in [0.1, 0.15) is 11.6 Å². The molecule has 2 N–H and O–H groups in total. The molecule has 110 valence electrons. The minimum Gasteiger partial charge on any atom is -0.480 e. The predicted molar refractivity (Wildman–Crippen MR) is 77.5 cm³/mol. The van der Waals surface area contributed by atoms with Crippen molar-refractivity contribution in [1.29, 1.82) is 0 Å². The standard InChI is InChI=1S/C15H16N2O4/c1-2-5-11(15(19)20)16-13(18)8-9-14-17-10-6-3-4-7-12(10)21-14/h3-4,6-9,11H,2,5H2,1H3,(H,16,18)(H,19,20)/b9-8+/t11-/m1/s1. The molecule has 1 heterocycles. The number of carbonyl (C=O) groups is 2. The number of aliphatic carboxylic acids is 1. The molecule has 2 aromatic rings. The lowest BCUT2D eigenvalue weighted by atomic mass is 10.1. The highest BCUT2D eigenvalue weighted by Crippen LogP contribution is 2.15. The van der Waals surface area contributed by atoms with E-state index in [4.69, 9.17) is 9.52 Å². The van der Waals surface area contributed by atoms with Crippen LogP contribution in [0.3, 0.4) is 0 Å². The highest BCUT2D eigenvalue weighted by Gasteiger charge is 2.17. The Kier molecular flexibility index (Phi) is 4.71. The number of aromatic nitrogens is 1. The number of hydrogen-bond acceptors (Lipinski definition) is 4. The highest BCUT2D eigenvalue weighted by atomic mass is 16.4. The topological polar surface area (TPSA) is 92.4 Å². The summed E-state index contributed by atoms with van der Waals surface area (Å²) >= 11 is 0. The van der Waals surface area contributed by atoms with E-state index < -0.39 is 17.9 Å². The zero-order chi connectivity index (χ0) is 15.2. The number of nitrogens with one attached hydrogen (secondary N) is 1. The summed E-state index contributed by atoms with van der Waals surface area (Å²) in [6, 6.07) is 6.37. The van der Waals surface area contributed by atoms with Gasteiger partial charge in [0.05, 0.1) is 0 Å². The van der Waals surface area contributed by atoms with Crippen molar-refractivity contribution < 1.29 is 19.1 Å². The monoisotopic (exact) mass is 288 g/mol. The quantitative estimate of drug-likeness (QED) is 0.795. The van der Waals surface area contributed by atoms with E-state index in [1.807, 2.05) is 19.1 Å². The second-order valence-electron chi connectivity index (χ2n) is 4.54.